The summed E-state index contributed by atoms with van der Waals surface area (Å²) in [6.45, 7) is 1.37. The summed E-state index contributed by atoms with van der Waals surface area (Å²) in [5, 5.41) is 2.57. The van der Waals surface area contributed by atoms with Gasteiger partial charge in [0, 0.05) is 0 Å². The fourth-order valence-corrected chi connectivity index (χ4v) is 2.30. The number of carbonyl (C=O) groups excluding carboxylic acids is 2. The zero-order chi connectivity index (χ0) is 20.0. The van der Waals surface area contributed by atoms with Crippen LogP contribution in [-0.2, 0) is 26.9 Å². The second-order valence-corrected chi connectivity index (χ2v) is 5.70. The van der Waals surface area contributed by atoms with Gasteiger partial charge in [0.2, 0.25) is 0 Å². The molecular formula is C19H18F3NO4. The maximum Gasteiger partial charge on any atom is 0.416 e. The van der Waals surface area contributed by atoms with E-state index in [9.17, 15) is 22.8 Å². The van der Waals surface area contributed by atoms with Crippen LogP contribution in [0, 0.1) is 0 Å². The van der Waals surface area contributed by atoms with E-state index in [-0.39, 0.29) is 12.0 Å². The third-order valence-electron chi connectivity index (χ3n) is 3.65. The minimum absolute atomic E-state index is 0.146. The van der Waals surface area contributed by atoms with E-state index in [0.29, 0.717) is 11.4 Å². The molecule has 8 heteroatoms. The number of rotatable bonds is 6. The van der Waals surface area contributed by atoms with Gasteiger partial charge in [-0.15, -0.1) is 0 Å². The molecule has 1 N–H and O–H groups in total. The molecule has 0 unspecified atom stereocenters. The molecule has 27 heavy (non-hydrogen) atoms. The van der Waals surface area contributed by atoms with Gasteiger partial charge >= 0.3 is 12.1 Å². The first-order valence-corrected chi connectivity index (χ1v) is 8.00. The van der Waals surface area contributed by atoms with Crippen LogP contribution in [0.1, 0.15) is 18.1 Å². The predicted octanol–water partition coefficient (Wildman–Crippen LogP) is 3.83. The number of amides is 1. The molecular weight excluding hydrogens is 363 g/mol. The van der Waals surface area contributed by atoms with Gasteiger partial charge in [-0.05, 0) is 30.7 Å². The molecule has 0 aliphatic heterocycles. The van der Waals surface area contributed by atoms with Crippen molar-refractivity contribution in [1.82, 2.24) is 0 Å². The summed E-state index contributed by atoms with van der Waals surface area (Å²) in [5.41, 5.74) is -0.298. The predicted molar refractivity (Wildman–Crippen MR) is 92.3 cm³/mol. The third-order valence-corrected chi connectivity index (χ3v) is 3.65. The number of halogens is 3. The molecule has 5 nitrogen and oxygen atoms in total. The Balaban J connectivity index is 1.96. The molecule has 2 aromatic carbocycles. The summed E-state index contributed by atoms with van der Waals surface area (Å²) in [6.07, 6.45) is -6.01. The van der Waals surface area contributed by atoms with Gasteiger partial charge in [0.1, 0.15) is 5.75 Å². The highest BCUT2D eigenvalue weighted by molar-refractivity contribution is 5.96. The van der Waals surface area contributed by atoms with Crippen LogP contribution in [0.25, 0.3) is 0 Å². The zero-order valence-corrected chi connectivity index (χ0v) is 14.7. The second-order valence-electron chi connectivity index (χ2n) is 5.70. The van der Waals surface area contributed by atoms with Crippen LogP contribution in [0.2, 0.25) is 0 Å². The summed E-state index contributed by atoms with van der Waals surface area (Å²) in [7, 11) is 1.45. The van der Waals surface area contributed by atoms with Crippen LogP contribution in [0.5, 0.6) is 5.75 Å². The molecule has 0 spiro atoms. The van der Waals surface area contributed by atoms with Crippen molar-refractivity contribution in [1.29, 1.82) is 0 Å². The Hall–Kier alpha value is -3.03. The lowest BCUT2D eigenvalue weighted by molar-refractivity contribution is -0.152. The van der Waals surface area contributed by atoms with Gasteiger partial charge in [-0.2, -0.15) is 13.2 Å². The Morgan fingerprint density at radius 3 is 2.48 bits per heavy atom. The van der Waals surface area contributed by atoms with Gasteiger partial charge in [-0.1, -0.05) is 30.3 Å². The molecule has 1 amide bonds. The van der Waals surface area contributed by atoms with E-state index in [1.165, 1.54) is 26.2 Å². The van der Waals surface area contributed by atoms with Crippen LogP contribution in [0.4, 0.5) is 18.9 Å². The van der Waals surface area contributed by atoms with Crippen molar-refractivity contribution in [2.24, 2.45) is 0 Å². The normalized spacial score (nSPS) is 12.2. The molecule has 1 atom stereocenters. The highest BCUT2D eigenvalue weighted by Gasteiger charge is 2.30. The number of ether oxygens (including phenoxy) is 2. The topological polar surface area (TPSA) is 64.6 Å². The van der Waals surface area contributed by atoms with E-state index < -0.39 is 29.7 Å². The molecule has 0 aliphatic carbocycles. The molecule has 2 rings (SSSR count). The summed E-state index contributed by atoms with van der Waals surface area (Å²) in [6, 6.07) is 11.1. The molecule has 2 aromatic rings. The largest absolute Gasteiger partial charge is 0.495 e. The van der Waals surface area contributed by atoms with Crippen molar-refractivity contribution in [3.63, 3.8) is 0 Å². The molecule has 0 bridgehead atoms. The fraction of sp³-hybridized carbons (Fsp3) is 0.263. The highest BCUT2D eigenvalue weighted by Crippen LogP contribution is 2.29. The van der Waals surface area contributed by atoms with E-state index in [2.05, 4.69) is 5.32 Å². The van der Waals surface area contributed by atoms with Crippen LogP contribution in [0.15, 0.2) is 48.5 Å². The Bertz CT molecular complexity index is 821. The maximum atomic E-state index is 12.7. The minimum Gasteiger partial charge on any atom is -0.495 e. The first-order valence-electron chi connectivity index (χ1n) is 8.00. The summed E-state index contributed by atoms with van der Waals surface area (Å²) >= 11 is 0. The molecule has 0 aliphatic rings. The van der Waals surface area contributed by atoms with Crippen molar-refractivity contribution in [2.75, 3.05) is 12.4 Å². The number of methoxy groups -OCH3 is 1. The first kappa shape index (κ1) is 20.3. The zero-order valence-electron chi connectivity index (χ0n) is 14.7. The van der Waals surface area contributed by atoms with Crippen LogP contribution in [-0.4, -0.2) is 25.1 Å². The van der Waals surface area contributed by atoms with Gasteiger partial charge in [0.25, 0.3) is 5.91 Å². The number of hydrogen-bond acceptors (Lipinski definition) is 4. The smallest absolute Gasteiger partial charge is 0.416 e. The fourth-order valence-electron chi connectivity index (χ4n) is 2.30. The van der Waals surface area contributed by atoms with Gasteiger partial charge in [-0.25, -0.2) is 0 Å². The Morgan fingerprint density at radius 1 is 1.11 bits per heavy atom. The average Bonchev–Trinajstić information content (AvgIpc) is 2.61. The molecule has 0 heterocycles. The van der Waals surface area contributed by atoms with Crippen molar-refractivity contribution in [2.45, 2.75) is 25.6 Å². The minimum atomic E-state index is -4.50. The van der Waals surface area contributed by atoms with Gasteiger partial charge in [-0.3, -0.25) is 9.59 Å². The number of esters is 1. The number of anilines is 1. The maximum absolute atomic E-state index is 12.7. The molecule has 0 fully saturated rings. The lowest BCUT2D eigenvalue weighted by Crippen LogP contribution is -2.30. The SMILES string of the molecule is COc1ccccc1NC(=O)[C@H](C)OC(=O)Cc1cccc(C(F)(F)F)c1. The van der Waals surface area contributed by atoms with Crippen molar-refractivity contribution in [3.05, 3.63) is 59.7 Å². The van der Waals surface area contributed by atoms with Crippen molar-refractivity contribution >= 4 is 17.6 Å². The standard InChI is InChI=1S/C19H18F3NO4/c1-12(18(25)23-15-8-3-4-9-16(15)26-2)27-17(24)11-13-6-5-7-14(10-13)19(20,21)22/h3-10,12H,11H2,1-2H3,(H,23,25)/t12-/m0/s1. The molecule has 0 saturated heterocycles. The number of carbonyl (C=O) groups is 2. The monoisotopic (exact) mass is 381 g/mol. The number of hydrogen-bond donors (Lipinski definition) is 1. The second kappa shape index (κ2) is 8.57. The number of benzene rings is 2. The van der Waals surface area contributed by atoms with Crippen LogP contribution < -0.4 is 10.1 Å². The van der Waals surface area contributed by atoms with Crippen molar-refractivity contribution in [3.8, 4) is 5.75 Å². The van der Waals surface area contributed by atoms with Crippen LogP contribution in [0.3, 0.4) is 0 Å². The van der Waals surface area contributed by atoms with E-state index in [4.69, 9.17) is 9.47 Å². The van der Waals surface area contributed by atoms with Gasteiger partial charge < -0.3 is 14.8 Å². The molecule has 144 valence electrons. The van der Waals surface area contributed by atoms with E-state index in [1.54, 1.807) is 24.3 Å². The Kier molecular flexibility index (Phi) is 6.44. The summed E-state index contributed by atoms with van der Waals surface area (Å²) in [5.74, 6) is -0.956. The first-order chi connectivity index (χ1) is 12.7. The Morgan fingerprint density at radius 2 is 1.81 bits per heavy atom. The van der Waals surface area contributed by atoms with Gasteiger partial charge in [0.05, 0.1) is 24.8 Å². The number of nitrogens with one attached hydrogen (secondary N) is 1. The van der Waals surface area contributed by atoms with E-state index in [1.807, 2.05) is 0 Å². The Labute approximate surface area is 154 Å². The third kappa shape index (κ3) is 5.73. The van der Waals surface area contributed by atoms with Crippen LogP contribution >= 0.6 is 0 Å². The van der Waals surface area contributed by atoms with E-state index in [0.717, 1.165) is 12.1 Å². The van der Waals surface area contributed by atoms with Crippen molar-refractivity contribution < 1.29 is 32.2 Å². The quantitative estimate of drug-likeness (QED) is 0.773. The molecule has 0 aromatic heterocycles. The lowest BCUT2D eigenvalue weighted by Gasteiger charge is -2.15. The summed E-state index contributed by atoms with van der Waals surface area (Å²) in [4.78, 5) is 24.1. The van der Waals surface area contributed by atoms with E-state index >= 15 is 0 Å². The summed E-state index contributed by atoms with van der Waals surface area (Å²) < 4.78 is 48.3. The number of alkyl halides is 3. The molecule has 0 saturated carbocycles. The lowest BCUT2D eigenvalue weighted by atomic mass is 10.1. The number of para-hydroxylation sites is 2. The average molecular weight is 381 g/mol. The highest BCUT2D eigenvalue weighted by atomic mass is 19.4. The van der Waals surface area contributed by atoms with Gasteiger partial charge in [0.15, 0.2) is 6.10 Å². The molecule has 0 radical (unpaired) electrons.